The van der Waals surface area contributed by atoms with Gasteiger partial charge in [-0.05, 0) is 44.0 Å². The number of nitrogens with one attached hydrogen (secondary N) is 1. The van der Waals surface area contributed by atoms with Gasteiger partial charge in [0.1, 0.15) is 5.82 Å². The number of hydrogen-bond donors (Lipinski definition) is 2. The average Bonchev–Trinajstić information content (AvgIpc) is 2.31. The van der Waals surface area contributed by atoms with Gasteiger partial charge in [0.05, 0.1) is 0 Å². The van der Waals surface area contributed by atoms with Gasteiger partial charge in [-0.2, -0.15) is 0 Å². The Morgan fingerprint density at radius 3 is 2.67 bits per heavy atom. The molecule has 0 atom stereocenters. The number of anilines is 2. The van der Waals surface area contributed by atoms with Crippen LogP contribution < -0.4 is 11.1 Å². The molecular formula is C14H22FN3. The van der Waals surface area contributed by atoms with Crippen LogP contribution in [-0.2, 0) is 0 Å². The Morgan fingerprint density at radius 2 is 2.06 bits per heavy atom. The molecular weight excluding hydrogens is 229 g/mol. The topological polar surface area (TPSA) is 41.3 Å². The molecule has 0 aliphatic carbocycles. The monoisotopic (exact) mass is 251 g/mol. The maximum atomic E-state index is 13.2. The van der Waals surface area contributed by atoms with Crippen molar-refractivity contribution in [2.45, 2.75) is 32.2 Å². The van der Waals surface area contributed by atoms with Crippen molar-refractivity contribution in [1.29, 1.82) is 0 Å². The van der Waals surface area contributed by atoms with Gasteiger partial charge in [-0.15, -0.1) is 0 Å². The summed E-state index contributed by atoms with van der Waals surface area (Å²) in [6, 6.07) is 5.07. The third-order valence-corrected chi connectivity index (χ3v) is 3.42. The normalized spacial score (nSPS) is 17.9. The van der Waals surface area contributed by atoms with Crippen molar-refractivity contribution >= 4 is 11.4 Å². The molecule has 1 fully saturated rings. The van der Waals surface area contributed by atoms with Gasteiger partial charge in [0.25, 0.3) is 0 Å². The second-order valence-electron chi connectivity index (χ2n) is 5.03. The Morgan fingerprint density at radius 1 is 1.33 bits per heavy atom. The Labute approximate surface area is 108 Å². The van der Waals surface area contributed by atoms with Gasteiger partial charge < -0.3 is 16.0 Å². The van der Waals surface area contributed by atoms with E-state index >= 15 is 0 Å². The van der Waals surface area contributed by atoms with Crippen molar-refractivity contribution in [3.05, 3.63) is 24.0 Å². The van der Waals surface area contributed by atoms with Crippen molar-refractivity contribution in [3.8, 4) is 0 Å². The maximum absolute atomic E-state index is 13.2. The van der Waals surface area contributed by atoms with E-state index in [1.165, 1.54) is 25.1 Å². The molecule has 3 N–H and O–H groups in total. The Hall–Kier alpha value is -1.29. The molecule has 0 bridgehead atoms. The van der Waals surface area contributed by atoms with Crippen LogP contribution in [0.2, 0.25) is 0 Å². The van der Waals surface area contributed by atoms with E-state index in [1.54, 1.807) is 6.07 Å². The fraction of sp³-hybridized carbons (Fsp3) is 0.571. The van der Waals surface area contributed by atoms with Gasteiger partial charge in [0.15, 0.2) is 0 Å². The van der Waals surface area contributed by atoms with Crippen molar-refractivity contribution in [3.63, 3.8) is 0 Å². The lowest BCUT2D eigenvalue weighted by Crippen LogP contribution is -2.39. The summed E-state index contributed by atoms with van der Waals surface area (Å²) in [7, 11) is 0. The third kappa shape index (κ3) is 3.60. The molecule has 0 radical (unpaired) electrons. The van der Waals surface area contributed by atoms with Crippen molar-refractivity contribution in [2.24, 2.45) is 0 Å². The second-order valence-corrected chi connectivity index (χ2v) is 5.03. The largest absolute Gasteiger partial charge is 0.399 e. The van der Waals surface area contributed by atoms with Gasteiger partial charge in [0.2, 0.25) is 0 Å². The predicted molar refractivity (Wildman–Crippen MR) is 74.2 cm³/mol. The molecule has 4 heteroatoms. The quantitative estimate of drug-likeness (QED) is 0.808. The lowest BCUT2D eigenvalue weighted by atomic mass is 10.0. The summed E-state index contributed by atoms with van der Waals surface area (Å²) in [5.41, 5.74) is 6.90. The first kappa shape index (κ1) is 13.1. The fourth-order valence-corrected chi connectivity index (χ4v) is 2.55. The van der Waals surface area contributed by atoms with E-state index in [4.69, 9.17) is 5.73 Å². The molecule has 18 heavy (non-hydrogen) atoms. The van der Waals surface area contributed by atoms with E-state index in [2.05, 4.69) is 17.1 Å². The molecule has 1 aliphatic rings. The molecule has 0 aromatic heterocycles. The number of hydrogen-bond acceptors (Lipinski definition) is 3. The molecule has 2 rings (SSSR count). The van der Waals surface area contributed by atoms with Crippen LogP contribution in [0.25, 0.3) is 0 Å². The zero-order valence-corrected chi connectivity index (χ0v) is 11.0. The molecule has 0 amide bonds. The predicted octanol–water partition coefficient (Wildman–Crippen LogP) is 2.69. The Bertz CT molecular complexity index is 366. The lowest BCUT2D eigenvalue weighted by molar-refractivity contribution is 0.219. The van der Waals surface area contributed by atoms with Crippen molar-refractivity contribution < 1.29 is 4.39 Å². The molecule has 1 aromatic rings. The minimum absolute atomic E-state index is 0.277. The zero-order chi connectivity index (χ0) is 13.0. The summed E-state index contributed by atoms with van der Waals surface area (Å²) in [4.78, 5) is 2.48. The molecule has 0 unspecified atom stereocenters. The first-order valence-corrected chi connectivity index (χ1v) is 6.72. The van der Waals surface area contributed by atoms with Gasteiger partial charge in [-0.3, -0.25) is 0 Å². The van der Waals surface area contributed by atoms with Gasteiger partial charge in [0, 0.05) is 30.5 Å². The van der Waals surface area contributed by atoms with E-state index in [0.717, 1.165) is 31.6 Å². The number of rotatable bonds is 4. The zero-order valence-electron chi connectivity index (χ0n) is 11.0. The number of halogens is 1. The van der Waals surface area contributed by atoms with E-state index in [-0.39, 0.29) is 5.82 Å². The van der Waals surface area contributed by atoms with Crippen molar-refractivity contribution in [2.75, 3.05) is 30.7 Å². The van der Waals surface area contributed by atoms with Crippen LogP contribution in [0.15, 0.2) is 18.2 Å². The number of nitrogens with zero attached hydrogens (tertiary/aromatic N) is 1. The Balaban J connectivity index is 1.87. The van der Waals surface area contributed by atoms with Crippen LogP contribution >= 0.6 is 0 Å². The summed E-state index contributed by atoms with van der Waals surface area (Å²) < 4.78 is 13.2. The smallest absolute Gasteiger partial charge is 0.127 e. The molecule has 1 saturated heterocycles. The minimum Gasteiger partial charge on any atom is -0.399 e. The van der Waals surface area contributed by atoms with Crippen LogP contribution in [-0.4, -0.2) is 30.6 Å². The number of nitrogens with two attached hydrogens (primary N) is 1. The standard InChI is InChI=1S/C14H22FN3/c1-2-5-18-6-3-13(4-7-18)17-14-9-11(15)8-12(16)10-14/h8-10,13,17H,2-7,16H2,1H3. The minimum atomic E-state index is -0.277. The summed E-state index contributed by atoms with van der Waals surface area (Å²) in [6.45, 7) is 5.63. The summed E-state index contributed by atoms with van der Waals surface area (Å²) >= 11 is 0. The number of piperidine rings is 1. The van der Waals surface area contributed by atoms with Gasteiger partial charge in [-0.25, -0.2) is 4.39 Å². The van der Waals surface area contributed by atoms with Crippen LogP contribution in [0.1, 0.15) is 26.2 Å². The number of likely N-dealkylation sites (tertiary alicyclic amines) is 1. The molecule has 100 valence electrons. The molecule has 1 heterocycles. The fourth-order valence-electron chi connectivity index (χ4n) is 2.55. The molecule has 0 spiro atoms. The lowest BCUT2D eigenvalue weighted by Gasteiger charge is -2.32. The highest BCUT2D eigenvalue weighted by molar-refractivity contribution is 5.55. The van der Waals surface area contributed by atoms with E-state index in [9.17, 15) is 4.39 Å². The van der Waals surface area contributed by atoms with Crippen LogP contribution in [0.4, 0.5) is 15.8 Å². The first-order chi connectivity index (χ1) is 8.67. The number of nitrogen functional groups attached to an aromatic ring is 1. The summed E-state index contributed by atoms with van der Waals surface area (Å²) in [5.74, 6) is -0.277. The highest BCUT2D eigenvalue weighted by Gasteiger charge is 2.18. The Kier molecular flexibility index (Phi) is 4.42. The van der Waals surface area contributed by atoms with Crippen LogP contribution in [0, 0.1) is 5.82 Å². The SMILES string of the molecule is CCCN1CCC(Nc2cc(N)cc(F)c2)CC1. The maximum Gasteiger partial charge on any atom is 0.127 e. The number of benzene rings is 1. The van der Waals surface area contributed by atoms with E-state index in [0.29, 0.717) is 11.7 Å². The first-order valence-electron chi connectivity index (χ1n) is 6.72. The summed E-state index contributed by atoms with van der Waals surface area (Å²) in [5, 5.41) is 3.38. The molecule has 3 nitrogen and oxygen atoms in total. The highest BCUT2D eigenvalue weighted by Crippen LogP contribution is 2.20. The van der Waals surface area contributed by atoms with Gasteiger partial charge in [-0.1, -0.05) is 6.92 Å². The van der Waals surface area contributed by atoms with Crippen LogP contribution in [0.3, 0.4) is 0 Å². The van der Waals surface area contributed by atoms with E-state index in [1.807, 2.05) is 0 Å². The average molecular weight is 251 g/mol. The molecule has 1 aromatic carbocycles. The van der Waals surface area contributed by atoms with Crippen molar-refractivity contribution in [1.82, 2.24) is 4.90 Å². The third-order valence-electron chi connectivity index (χ3n) is 3.42. The highest BCUT2D eigenvalue weighted by atomic mass is 19.1. The molecule has 0 saturated carbocycles. The summed E-state index contributed by atoms with van der Waals surface area (Å²) in [6.07, 6.45) is 3.42. The van der Waals surface area contributed by atoms with E-state index < -0.39 is 0 Å². The van der Waals surface area contributed by atoms with Crippen LogP contribution in [0.5, 0.6) is 0 Å². The second kappa shape index (κ2) is 6.05. The van der Waals surface area contributed by atoms with Gasteiger partial charge >= 0.3 is 0 Å². The molecule has 1 aliphatic heterocycles.